The van der Waals surface area contributed by atoms with Crippen LogP contribution in [0.25, 0.3) is 0 Å². The number of carbonyl (C=O) groups is 1. The third kappa shape index (κ3) is 3.09. The van der Waals surface area contributed by atoms with Crippen molar-refractivity contribution in [1.82, 2.24) is 5.32 Å². The van der Waals surface area contributed by atoms with E-state index in [1.165, 1.54) is 0 Å². The lowest BCUT2D eigenvalue weighted by Gasteiger charge is -2.21. The molecule has 1 amide bonds. The van der Waals surface area contributed by atoms with Crippen LogP contribution in [0.1, 0.15) is 20.8 Å². The van der Waals surface area contributed by atoms with Gasteiger partial charge in [0.25, 0.3) is 6.35 Å². The number of nitrogens with one attached hydrogen (secondary N) is 2. The van der Waals surface area contributed by atoms with Crippen LogP contribution in [0.2, 0.25) is 0 Å². The summed E-state index contributed by atoms with van der Waals surface area (Å²) >= 11 is 0. The molecule has 2 radical (unpaired) electrons. The standard InChI is InChI=1S/C12H15BN2O3/c1-12(2,3)18-11(16)15-10-14-8-6-7(13)4-5-9(8)17-10/h4-6,10,14H,1-3H3,(H,15,16). The Kier molecular flexibility index (Phi) is 3.11. The van der Waals surface area contributed by atoms with Crippen LogP contribution < -0.4 is 20.8 Å². The number of anilines is 1. The Morgan fingerprint density at radius 1 is 1.50 bits per heavy atom. The molecule has 2 N–H and O–H groups in total. The second-order valence-electron chi connectivity index (χ2n) is 5.04. The van der Waals surface area contributed by atoms with Gasteiger partial charge in [-0.15, -0.1) is 0 Å². The lowest BCUT2D eigenvalue weighted by atomic mass is 9.96. The molecule has 18 heavy (non-hydrogen) atoms. The van der Waals surface area contributed by atoms with Gasteiger partial charge in [0.1, 0.15) is 19.2 Å². The van der Waals surface area contributed by atoms with Gasteiger partial charge in [-0.05, 0) is 32.9 Å². The molecule has 6 heteroatoms. The van der Waals surface area contributed by atoms with Gasteiger partial charge in [-0.2, -0.15) is 0 Å². The van der Waals surface area contributed by atoms with Crippen LogP contribution in [-0.4, -0.2) is 25.9 Å². The van der Waals surface area contributed by atoms with E-state index in [4.69, 9.17) is 17.3 Å². The minimum absolute atomic E-state index is 0.541. The Bertz CT molecular complexity index is 471. The molecule has 0 aliphatic carbocycles. The molecular formula is C12H15BN2O3. The third-order valence-corrected chi connectivity index (χ3v) is 2.18. The number of carbonyl (C=O) groups excluding carboxylic acids is 1. The third-order valence-electron chi connectivity index (χ3n) is 2.18. The molecule has 1 aromatic rings. The maximum absolute atomic E-state index is 11.6. The highest BCUT2D eigenvalue weighted by Crippen LogP contribution is 2.29. The molecule has 1 aromatic carbocycles. The Morgan fingerprint density at radius 2 is 2.22 bits per heavy atom. The Hall–Kier alpha value is -1.85. The lowest BCUT2D eigenvalue weighted by Crippen LogP contribution is -2.44. The van der Waals surface area contributed by atoms with Gasteiger partial charge in [0.15, 0.2) is 0 Å². The van der Waals surface area contributed by atoms with Crippen LogP contribution >= 0.6 is 0 Å². The molecule has 0 saturated carbocycles. The van der Waals surface area contributed by atoms with Crippen LogP contribution in [0.4, 0.5) is 10.5 Å². The van der Waals surface area contributed by atoms with E-state index >= 15 is 0 Å². The average Bonchev–Trinajstić information content (AvgIpc) is 2.55. The van der Waals surface area contributed by atoms with E-state index in [2.05, 4.69) is 10.6 Å². The summed E-state index contributed by atoms with van der Waals surface area (Å²) in [4.78, 5) is 11.6. The number of benzene rings is 1. The Labute approximate surface area is 107 Å². The molecule has 1 unspecified atom stereocenters. The SMILES string of the molecule is [B]c1ccc2c(c1)NC(NC(=O)OC(C)(C)C)O2. The van der Waals surface area contributed by atoms with Crippen LogP contribution in [0, 0.1) is 0 Å². The number of amides is 1. The zero-order chi connectivity index (χ0) is 13.3. The van der Waals surface area contributed by atoms with E-state index in [9.17, 15) is 4.79 Å². The van der Waals surface area contributed by atoms with E-state index in [1.54, 1.807) is 39.0 Å². The van der Waals surface area contributed by atoms with Crippen molar-refractivity contribution >= 4 is 25.1 Å². The molecule has 0 saturated heterocycles. The van der Waals surface area contributed by atoms with Crippen molar-refractivity contribution in [3.63, 3.8) is 0 Å². The minimum Gasteiger partial charge on any atom is -0.450 e. The summed E-state index contributed by atoms with van der Waals surface area (Å²) in [5, 5.41) is 5.54. The molecule has 1 heterocycles. The second-order valence-corrected chi connectivity index (χ2v) is 5.04. The number of hydrogen-bond donors (Lipinski definition) is 2. The van der Waals surface area contributed by atoms with Crippen molar-refractivity contribution < 1.29 is 14.3 Å². The Balaban J connectivity index is 1.94. The van der Waals surface area contributed by atoms with Gasteiger partial charge in [-0.1, -0.05) is 11.5 Å². The largest absolute Gasteiger partial charge is 0.450 e. The highest BCUT2D eigenvalue weighted by molar-refractivity contribution is 6.32. The van der Waals surface area contributed by atoms with Gasteiger partial charge in [-0.25, -0.2) is 4.79 Å². The van der Waals surface area contributed by atoms with Gasteiger partial charge < -0.3 is 14.8 Å². The number of fused-ring (bicyclic) bond motifs is 1. The second kappa shape index (κ2) is 4.44. The van der Waals surface area contributed by atoms with E-state index in [0.29, 0.717) is 11.2 Å². The minimum atomic E-state index is -0.642. The monoisotopic (exact) mass is 246 g/mol. The molecule has 0 fully saturated rings. The molecule has 5 nitrogen and oxygen atoms in total. The summed E-state index contributed by atoms with van der Waals surface area (Å²) in [7, 11) is 5.65. The zero-order valence-electron chi connectivity index (χ0n) is 10.6. The van der Waals surface area contributed by atoms with Gasteiger partial charge in [0.05, 0.1) is 5.69 Å². The van der Waals surface area contributed by atoms with Crippen molar-refractivity contribution in [2.24, 2.45) is 0 Å². The molecule has 1 aliphatic rings. The first-order chi connectivity index (χ1) is 8.33. The lowest BCUT2D eigenvalue weighted by molar-refractivity contribution is 0.0436. The van der Waals surface area contributed by atoms with Crippen LogP contribution in [0.15, 0.2) is 18.2 Å². The van der Waals surface area contributed by atoms with Gasteiger partial charge >= 0.3 is 6.09 Å². The van der Waals surface area contributed by atoms with Gasteiger partial charge in [-0.3, -0.25) is 5.32 Å². The van der Waals surface area contributed by atoms with E-state index in [1.807, 2.05) is 0 Å². The molecule has 0 bridgehead atoms. The summed E-state index contributed by atoms with van der Waals surface area (Å²) in [5.41, 5.74) is 0.832. The first-order valence-corrected chi connectivity index (χ1v) is 5.66. The highest BCUT2D eigenvalue weighted by atomic mass is 16.6. The summed E-state index contributed by atoms with van der Waals surface area (Å²) in [6, 6.07) is 5.22. The number of rotatable bonds is 1. The zero-order valence-corrected chi connectivity index (χ0v) is 10.6. The predicted molar refractivity (Wildman–Crippen MR) is 69.2 cm³/mol. The number of hydrogen-bond acceptors (Lipinski definition) is 4. The molecular weight excluding hydrogens is 231 g/mol. The maximum atomic E-state index is 11.6. The normalized spacial score (nSPS) is 17.4. The Morgan fingerprint density at radius 3 is 2.89 bits per heavy atom. The molecule has 1 aliphatic heterocycles. The molecule has 1 atom stereocenters. The van der Waals surface area contributed by atoms with Crippen molar-refractivity contribution in [1.29, 1.82) is 0 Å². The maximum Gasteiger partial charge on any atom is 0.411 e. The summed E-state index contributed by atoms with van der Waals surface area (Å²) in [5.74, 6) is 0.644. The number of ether oxygens (including phenoxy) is 2. The van der Waals surface area contributed by atoms with E-state index in [-0.39, 0.29) is 0 Å². The van der Waals surface area contributed by atoms with Crippen molar-refractivity contribution in [3.05, 3.63) is 18.2 Å². The van der Waals surface area contributed by atoms with Gasteiger partial charge in [0.2, 0.25) is 0 Å². The summed E-state index contributed by atoms with van der Waals surface area (Å²) in [6.45, 7) is 5.39. The van der Waals surface area contributed by atoms with Crippen molar-refractivity contribution in [2.75, 3.05) is 5.32 Å². The average molecular weight is 246 g/mol. The first-order valence-electron chi connectivity index (χ1n) is 5.66. The van der Waals surface area contributed by atoms with E-state index < -0.39 is 18.0 Å². The fourth-order valence-corrected chi connectivity index (χ4v) is 1.54. The van der Waals surface area contributed by atoms with E-state index in [0.717, 1.165) is 5.69 Å². The molecule has 0 aromatic heterocycles. The smallest absolute Gasteiger partial charge is 0.411 e. The number of alkyl carbamates (subject to hydrolysis) is 1. The van der Waals surface area contributed by atoms with Crippen LogP contribution in [-0.2, 0) is 4.74 Å². The highest BCUT2D eigenvalue weighted by Gasteiger charge is 2.25. The quantitative estimate of drug-likeness (QED) is 0.728. The van der Waals surface area contributed by atoms with Crippen LogP contribution in [0.5, 0.6) is 5.75 Å². The van der Waals surface area contributed by atoms with Gasteiger partial charge in [0, 0.05) is 0 Å². The topological polar surface area (TPSA) is 59.6 Å². The molecule has 0 spiro atoms. The fraction of sp³-hybridized carbons (Fsp3) is 0.417. The van der Waals surface area contributed by atoms with Crippen molar-refractivity contribution in [3.8, 4) is 5.75 Å². The summed E-state index contributed by atoms with van der Waals surface area (Å²) < 4.78 is 10.6. The van der Waals surface area contributed by atoms with Crippen LogP contribution in [0.3, 0.4) is 0 Å². The molecule has 2 rings (SSSR count). The first kappa shape index (κ1) is 12.6. The molecule has 94 valence electrons. The fourth-order valence-electron chi connectivity index (χ4n) is 1.54. The predicted octanol–water partition coefficient (Wildman–Crippen LogP) is 1.09. The summed E-state index contributed by atoms with van der Waals surface area (Å²) in [6.07, 6.45) is -1.18. The van der Waals surface area contributed by atoms with Crippen molar-refractivity contribution in [2.45, 2.75) is 32.7 Å².